The molecule has 0 amide bonds. The fourth-order valence-electron chi connectivity index (χ4n) is 1.35. The Kier molecular flexibility index (Phi) is 3.21. The molecule has 0 aliphatic heterocycles. The third-order valence-electron chi connectivity index (χ3n) is 2.25. The third-order valence-corrected chi connectivity index (χ3v) is 2.67. The topological polar surface area (TPSA) is 9.23 Å². The number of aryl methyl sites for hydroxylation is 1. The van der Waals surface area contributed by atoms with Gasteiger partial charge in [-0.3, -0.25) is 0 Å². The van der Waals surface area contributed by atoms with E-state index in [-0.39, 0.29) is 0 Å². The Balaban J connectivity index is 2.20. The van der Waals surface area contributed by atoms with Gasteiger partial charge < -0.3 is 4.74 Å². The van der Waals surface area contributed by atoms with Crippen molar-refractivity contribution in [2.24, 2.45) is 0 Å². The maximum Gasteiger partial charge on any atom is 0.127 e. The third kappa shape index (κ3) is 2.58. The summed E-state index contributed by atoms with van der Waals surface area (Å²) < 4.78 is 5.65. The molecular weight excluding hydrogens is 218 g/mol. The summed E-state index contributed by atoms with van der Waals surface area (Å²) in [5.41, 5.74) is 1.72. The van der Waals surface area contributed by atoms with Crippen LogP contribution in [0.4, 0.5) is 0 Å². The number of hydrogen-bond donors (Lipinski definition) is 0. The van der Waals surface area contributed by atoms with Crippen molar-refractivity contribution in [2.45, 2.75) is 6.92 Å². The number of halogens is 1. The number of ether oxygens (including phenoxy) is 1. The normalized spacial score (nSPS) is 10.1. The Hall–Kier alpha value is -1.41. The van der Waals surface area contributed by atoms with Gasteiger partial charge in [0.25, 0.3) is 0 Å². The molecule has 2 radical (unpaired) electrons. The molecule has 0 aliphatic carbocycles. The predicted octanol–water partition coefficient (Wildman–Crippen LogP) is 3.23. The maximum absolute atomic E-state index is 5.93. The maximum atomic E-state index is 5.93. The molecule has 16 heavy (non-hydrogen) atoms. The summed E-state index contributed by atoms with van der Waals surface area (Å²) in [6.07, 6.45) is 0. The van der Waals surface area contributed by atoms with Crippen LogP contribution in [0.5, 0.6) is 11.5 Å². The quantitative estimate of drug-likeness (QED) is 0.717. The lowest BCUT2D eigenvalue weighted by atomic mass is 9.97. The average Bonchev–Trinajstić information content (AvgIpc) is 2.27. The van der Waals surface area contributed by atoms with E-state index in [1.165, 1.54) is 0 Å². The van der Waals surface area contributed by atoms with Crippen LogP contribution in [-0.4, -0.2) is 7.85 Å². The van der Waals surface area contributed by atoms with Gasteiger partial charge in [0.15, 0.2) is 0 Å². The van der Waals surface area contributed by atoms with Crippen molar-refractivity contribution in [2.75, 3.05) is 0 Å². The standard InChI is InChI=1S/C13H10BClO/c1-9-8-12(6-7-13(9)15)16-11-4-2-10(14)3-5-11/h2-8H,1H3. The molecule has 1 nitrogen and oxygen atoms in total. The Labute approximate surface area is 101 Å². The van der Waals surface area contributed by atoms with Crippen molar-refractivity contribution in [1.82, 2.24) is 0 Å². The Morgan fingerprint density at radius 3 is 2.25 bits per heavy atom. The van der Waals surface area contributed by atoms with Gasteiger partial charge in [-0.2, -0.15) is 0 Å². The Bertz CT molecular complexity index is 494. The zero-order valence-corrected chi connectivity index (χ0v) is 9.66. The minimum Gasteiger partial charge on any atom is -0.457 e. The first kappa shape index (κ1) is 11.1. The second-order valence-electron chi connectivity index (χ2n) is 3.58. The summed E-state index contributed by atoms with van der Waals surface area (Å²) in [5, 5.41) is 0.740. The van der Waals surface area contributed by atoms with Crippen molar-refractivity contribution in [3.8, 4) is 11.5 Å². The van der Waals surface area contributed by atoms with Crippen LogP contribution < -0.4 is 10.2 Å². The van der Waals surface area contributed by atoms with E-state index in [1.54, 1.807) is 12.1 Å². The van der Waals surface area contributed by atoms with Gasteiger partial charge in [0, 0.05) is 5.02 Å². The predicted molar refractivity (Wildman–Crippen MR) is 68.1 cm³/mol. The fraction of sp³-hybridized carbons (Fsp3) is 0.0769. The minimum absolute atomic E-state index is 0.722. The van der Waals surface area contributed by atoms with Crippen LogP contribution in [0.2, 0.25) is 5.02 Å². The smallest absolute Gasteiger partial charge is 0.127 e. The van der Waals surface area contributed by atoms with Crippen LogP contribution >= 0.6 is 11.6 Å². The zero-order valence-electron chi connectivity index (χ0n) is 8.91. The van der Waals surface area contributed by atoms with Crippen LogP contribution in [-0.2, 0) is 0 Å². The molecule has 0 unspecified atom stereocenters. The molecule has 0 fully saturated rings. The van der Waals surface area contributed by atoms with Gasteiger partial charge >= 0.3 is 0 Å². The van der Waals surface area contributed by atoms with E-state index in [2.05, 4.69) is 0 Å². The van der Waals surface area contributed by atoms with Crippen LogP contribution in [0.25, 0.3) is 0 Å². The van der Waals surface area contributed by atoms with E-state index in [0.717, 1.165) is 27.5 Å². The second kappa shape index (κ2) is 4.62. The molecule has 0 heterocycles. The second-order valence-corrected chi connectivity index (χ2v) is 3.99. The van der Waals surface area contributed by atoms with E-state index >= 15 is 0 Å². The number of hydrogen-bond acceptors (Lipinski definition) is 1. The zero-order chi connectivity index (χ0) is 11.5. The lowest BCUT2D eigenvalue weighted by molar-refractivity contribution is 0.482. The van der Waals surface area contributed by atoms with Gasteiger partial charge in [-0.05, 0) is 42.8 Å². The summed E-state index contributed by atoms with van der Waals surface area (Å²) in [7, 11) is 5.59. The van der Waals surface area contributed by atoms with Crippen LogP contribution in [0.1, 0.15) is 5.56 Å². The van der Waals surface area contributed by atoms with Crippen molar-refractivity contribution < 1.29 is 4.74 Å². The highest BCUT2D eigenvalue weighted by Crippen LogP contribution is 2.25. The molecule has 0 aliphatic rings. The number of rotatable bonds is 2. The molecule has 3 heteroatoms. The molecule has 2 rings (SSSR count). The molecule has 0 atom stereocenters. The molecule has 0 saturated heterocycles. The van der Waals surface area contributed by atoms with Crippen molar-refractivity contribution >= 4 is 24.9 Å². The molecule has 2 aromatic carbocycles. The van der Waals surface area contributed by atoms with E-state index < -0.39 is 0 Å². The first-order chi connectivity index (χ1) is 7.65. The average molecular weight is 228 g/mol. The van der Waals surface area contributed by atoms with Crippen molar-refractivity contribution in [3.63, 3.8) is 0 Å². The van der Waals surface area contributed by atoms with E-state index in [4.69, 9.17) is 24.2 Å². The highest BCUT2D eigenvalue weighted by Gasteiger charge is 2.00. The van der Waals surface area contributed by atoms with Crippen molar-refractivity contribution in [1.29, 1.82) is 0 Å². The van der Waals surface area contributed by atoms with E-state index in [9.17, 15) is 0 Å². The molecule has 0 N–H and O–H groups in total. The lowest BCUT2D eigenvalue weighted by Gasteiger charge is -2.07. The molecule has 0 bridgehead atoms. The summed E-state index contributed by atoms with van der Waals surface area (Å²) in [5.74, 6) is 1.53. The van der Waals surface area contributed by atoms with Gasteiger partial charge in [0.2, 0.25) is 0 Å². The SMILES string of the molecule is [B]c1ccc(Oc2ccc(Cl)c(C)c2)cc1. The first-order valence-corrected chi connectivity index (χ1v) is 5.32. The Morgan fingerprint density at radius 1 is 1.00 bits per heavy atom. The molecule has 0 saturated carbocycles. The van der Waals surface area contributed by atoms with E-state index in [0.29, 0.717) is 0 Å². The minimum atomic E-state index is 0.722. The monoisotopic (exact) mass is 228 g/mol. The summed E-state index contributed by atoms with van der Waals surface area (Å²) in [6.45, 7) is 1.94. The summed E-state index contributed by atoms with van der Waals surface area (Å²) >= 11 is 5.93. The summed E-state index contributed by atoms with van der Waals surface area (Å²) in [6, 6.07) is 12.8. The van der Waals surface area contributed by atoms with Gasteiger partial charge in [-0.15, -0.1) is 0 Å². The van der Waals surface area contributed by atoms with Crippen LogP contribution in [0.15, 0.2) is 42.5 Å². The van der Waals surface area contributed by atoms with Gasteiger partial charge in [0.1, 0.15) is 19.3 Å². The molecule has 0 aromatic heterocycles. The van der Waals surface area contributed by atoms with E-state index in [1.807, 2.05) is 37.3 Å². The molecule has 78 valence electrons. The first-order valence-electron chi connectivity index (χ1n) is 4.95. The highest BCUT2D eigenvalue weighted by atomic mass is 35.5. The summed E-state index contributed by atoms with van der Waals surface area (Å²) in [4.78, 5) is 0. The van der Waals surface area contributed by atoms with Gasteiger partial charge in [-0.25, -0.2) is 0 Å². The fourth-order valence-corrected chi connectivity index (χ4v) is 1.47. The van der Waals surface area contributed by atoms with Gasteiger partial charge in [-0.1, -0.05) is 29.2 Å². The molecular formula is C13H10BClO. The molecule has 0 spiro atoms. The van der Waals surface area contributed by atoms with Crippen LogP contribution in [0, 0.1) is 6.92 Å². The van der Waals surface area contributed by atoms with Crippen molar-refractivity contribution in [3.05, 3.63) is 53.1 Å². The Morgan fingerprint density at radius 2 is 1.62 bits per heavy atom. The highest BCUT2D eigenvalue weighted by molar-refractivity contribution is 6.32. The molecule has 2 aromatic rings. The lowest BCUT2D eigenvalue weighted by Crippen LogP contribution is -1.99. The number of benzene rings is 2. The largest absolute Gasteiger partial charge is 0.457 e. The van der Waals surface area contributed by atoms with Gasteiger partial charge in [0.05, 0.1) is 0 Å². The van der Waals surface area contributed by atoms with Crippen LogP contribution in [0.3, 0.4) is 0 Å².